The van der Waals surface area contributed by atoms with E-state index in [0.29, 0.717) is 30.2 Å². The molecule has 5 aromatic rings. The molecular formula is C28H27F3N8O. The Morgan fingerprint density at radius 3 is 2.65 bits per heavy atom. The fourth-order valence-corrected chi connectivity index (χ4v) is 4.47. The molecule has 1 aromatic carbocycles. The van der Waals surface area contributed by atoms with Crippen molar-refractivity contribution in [3.63, 3.8) is 0 Å². The monoisotopic (exact) mass is 548 g/mol. The standard InChI is InChI=1S/C28H27F3N8O/c1-17-12-22(34-26(13-17)35-25-14-20(9-11-32-25)28(29,30)31)23-16-39(37-36-23)18(2)27(40)33-10-8-19-15-38(3)24-7-5-4-6-21(19)24/h4-7,9,11-16,18H,8,10H2,1-3H3,(H,33,40)(H,32,34,35). The molecule has 0 saturated carbocycles. The minimum absolute atomic E-state index is 0.0105. The van der Waals surface area contributed by atoms with Gasteiger partial charge in [-0.25, -0.2) is 14.6 Å². The summed E-state index contributed by atoms with van der Waals surface area (Å²) in [5.41, 5.74) is 3.15. The smallest absolute Gasteiger partial charge is 0.354 e. The summed E-state index contributed by atoms with van der Waals surface area (Å²) in [5.74, 6) is 0.110. The molecule has 4 heterocycles. The highest BCUT2D eigenvalue weighted by Crippen LogP contribution is 2.31. The summed E-state index contributed by atoms with van der Waals surface area (Å²) >= 11 is 0. The summed E-state index contributed by atoms with van der Waals surface area (Å²) in [6, 6.07) is 12.8. The van der Waals surface area contributed by atoms with Gasteiger partial charge in [-0.1, -0.05) is 23.4 Å². The maximum Gasteiger partial charge on any atom is 0.416 e. The van der Waals surface area contributed by atoms with Crippen molar-refractivity contribution in [3.05, 3.63) is 83.8 Å². The van der Waals surface area contributed by atoms with E-state index in [4.69, 9.17) is 0 Å². The Hall–Kier alpha value is -4.74. The van der Waals surface area contributed by atoms with Crippen molar-refractivity contribution in [1.29, 1.82) is 0 Å². The van der Waals surface area contributed by atoms with Crippen LogP contribution in [0.25, 0.3) is 22.3 Å². The predicted molar refractivity (Wildman–Crippen MR) is 145 cm³/mol. The average Bonchev–Trinajstić information content (AvgIpc) is 3.53. The van der Waals surface area contributed by atoms with E-state index in [2.05, 4.69) is 53.8 Å². The number of amides is 1. The van der Waals surface area contributed by atoms with E-state index >= 15 is 0 Å². The first-order valence-corrected chi connectivity index (χ1v) is 12.6. The van der Waals surface area contributed by atoms with Gasteiger partial charge in [-0.2, -0.15) is 13.2 Å². The quantitative estimate of drug-likeness (QED) is 0.276. The second-order valence-corrected chi connectivity index (χ2v) is 9.55. The summed E-state index contributed by atoms with van der Waals surface area (Å²) in [6.07, 6.45) is 0.976. The minimum atomic E-state index is -4.48. The van der Waals surface area contributed by atoms with Crippen LogP contribution in [-0.4, -0.2) is 42.0 Å². The van der Waals surface area contributed by atoms with Gasteiger partial charge < -0.3 is 15.2 Å². The SMILES string of the molecule is Cc1cc(Nc2cc(C(F)(F)F)ccn2)nc(-c2cn(C(C)C(=O)NCCc3cn(C)c4ccccc34)nn2)c1. The summed E-state index contributed by atoms with van der Waals surface area (Å²) < 4.78 is 42.7. The van der Waals surface area contributed by atoms with Gasteiger partial charge in [0.05, 0.1) is 17.5 Å². The summed E-state index contributed by atoms with van der Waals surface area (Å²) in [6.45, 7) is 4.02. The van der Waals surface area contributed by atoms with Crippen LogP contribution in [-0.2, 0) is 24.4 Å². The number of aromatic nitrogens is 6. The number of alkyl halides is 3. The molecule has 9 nitrogen and oxygen atoms in total. The molecule has 0 aliphatic rings. The third-order valence-corrected chi connectivity index (χ3v) is 6.54. The molecule has 206 valence electrons. The molecule has 5 rings (SSSR count). The number of para-hydroxylation sites is 1. The van der Waals surface area contributed by atoms with Crippen molar-refractivity contribution in [3.8, 4) is 11.4 Å². The van der Waals surface area contributed by atoms with Crippen molar-refractivity contribution in [2.45, 2.75) is 32.5 Å². The van der Waals surface area contributed by atoms with Gasteiger partial charge in [0.25, 0.3) is 0 Å². The lowest BCUT2D eigenvalue weighted by molar-refractivity contribution is -0.137. The van der Waals surface area contributed by atoms with Gasteiger partial charge >= 0.3 is 6.18 Å². The molecular weight excluding hydrogens is 521 g/mol. The van der Waals surface area contributed by atoms with Gasteiger partial charge in [-0.3, -0.25) is 4.79 Å². The van der Waals surface area contributed by atoms with Gasteiger partial charge in [-0.05, 0) is 61.7 Å². The topological polar surface area (TPSA) is 103 Å². The van der Waals surface area contributed by atoms with Crippen LogP contribution in [0.2, 0.25) is 0 Å². The third-order valence-electron chi connectivity index (χ3n) is 6.54. The molecule has 1 unspecified atom stereocenters. The van der Waals surface area contributed by atoms with Crippen molar-refractivity contribution >= 4 is 28.4 Å². The first kappa shape index (κ1) is 26.9. The normalized spacial score (nSPS) is 12.4. The zero-order valence-corrected chi connectivity index (χ0v) is 22.1. The number of nitrogens with one attached hydrogen (secondary N) is 2. The van der Waals surface area contributed by atoms with E-state index in [-0.39, 0.29) is 11.7 Å². The second kappa shape index (κ2) is 10.8. The summed E-state index contributed by atoms with van der Waals surface area (Å²) in [7, 11) is 2.00. The number of hydrogen-bond acceptors (Lipinski definition) is 6. The zero-order valence-electron chi connectivity index (χ0n) is 22.1. The van der Waals surface area contributed by atoms with Gasteiger partial charge in [0, 0.05) is 36.9 Å². The highest BCUT2D eigenvalue weighted by atomic mass is 19.4. The number of pyridine rings is 2. The number of nitrogens with zero attached hydrogens (tertiary/aromatic N) is 6. The third kappa shape index (κ3) is 5.80. The average molecular weight is 549 g/mol. The number of anilines is 2. The maximum absolute atomic E-state index is 13.1. The lowest BCUT2D eigenvalue weighted by Crippen LogP contribution is -2.32. The molecule has 0 spiro atoms. The molecule has 0 fully saturated rings. The molecule has 1 atom stereocenters. The number of halogens is 3. The fourth-order valence-electron chi connectivity index (χ4n) is 4.47. The number of benzene rings is 1. The Morgan fingerprint density at radius 1 is 1.05 bits per heavy atom. The van der Waals surface area contributed by atoms with E-state index in [1.807, 2.05) is 26.1 Å². The van der Waals surface area contributed by atoms with Gasteiger partial charge in [0.2, 0.25) is 5.91 Å². The summed E-state index contributed by atoms with van der Waals surface area (Å²) in [5, 5.41) is 15.2. The lowest BCUT2D eigenvalue weighted by Gasteiger charge is -2.12. The zero-order chi connectivity index (χ0) is 28.4. The summed E-state index contributed by atoms with van der Waals surface area (Å²) in [4.78, 5) is 21.3. The van der Waals surface area contributed by atoms with Crippen LogP contribution < -0.4 is 10.6 Å². The Kier molecular flexibility index (Phi) is 7.24. The van der Waals surface area contributed by atoms with Gasteiger partial charge in [-0.15, -0.1) is 5.10 Å². The number of fused-ring (bicyclic) bond motifs is 1. The molecule has 2 N–H and O–H groups in total. The highest BCUT2D eigenvalue weighted by molar-refractivity contribution is 5.84. The van der Waals surface area contributed by atoms with Gasteiger partial charge in [0.1, 0.15) is 23.4 Å². The van der Waals surface area contributed by atoms with E-state index in [0.717, 1.165) is 40.4 Å². The fraction of sp³-hybridized carbons (Fsp3) is 0.250. The Labute approximate surface area is 228 Å². The minimum Gasteiger partial charge on any atom is -0.354 e. The van der Waals surface area contributed by atoms with E-state index in [1.54, 1.807) is 25.3 Å². The molecule has 0 radical (unpaired) electrons. The molecule has 4 aromatic heterocycles. The van der Waals surface area contributed by atoms with Crippen molar-refractivity contribution in [2.24, 2.45) is 7.05 Å². The Bertz CT molecular complexity index is 1670. The number of aryl methyl sites for hydroxylation is 2. The molecule has 40 heavy (non-hydrogen) atoms. The van der Waals surface area contributed by atoms with Crippen LogP contribution in [0.1, 0.15) is 29.7 Å². The number of carbonyl (C=O) groups is 1. The Morgan fingerprint density at radius 2 is 1.85 bits per heavy atom. The van der Waals surface area contributed by atoms with E-state index in [1.165, 1.54) is 4.68 Å². The second-order valence-electron chi connectivity index (χ2n) is 9.55. The van der Waals surface area contributed by atoms with Crippen LogP contribution in [0.3, 0.4) is 0 Å². The van der Waals surface area contributed by atoms with E-state index < -0.39 is 17.8 Å². The molecule has 1 amide bonds. The molecule has 0 bridgehead atoms. The van der Waals surface area contributed by atoms with Crippen LogP contribution in [0, 0.1) is 6.92 Å². The molecule has 12 heteroatoms. The van der Waals surface area contributed by atoms with Crippen LogP contribution in [0.15, 0.2) is 67.1 Å². The maximum atomic E-state index is 13.1. The first-order valence-electron chi connectivity index (χ1n) is 12.6. The van der Waals surface area contributed by atoms with Crippen LogP contribution in [0.4, 0.5) is 24.8 Å². The lowest BCUT2D eigenvalue weighted by atomic mass is 10.1. The molecule has 0 saturated heterocycles. The highest BCUT2D eigenvalue weighted by Gasteiger charge is 2.30. The Balaban J connectivity index is 1.25. The van der Waals surface area contributed by atoms with Crippen LogP contribution >= 0.6 is 0 Å². The van der Waals surface area contributed by atoms with Crippen molar-refractivity contribution < 1.29 is 18.0 Å². The van der Waals surface area contributed by atoms with E-state index in [9.17, 15) is 18.0 Å². The molecule has 0 aliphatic heterocycles. The first-order chi connectivity index (χ1) is 19.1. The largest absolute Gasteiger partial charge is 0.416 e. The van der Waals surface area contributed by atoms with Gasteiger partial charge in [0.15, 0.2) is 0 Å². The number of rotatable bonds is 8. The number of carbonyl (C=O) groups excluding carboxylic acids is 1. The molecule has 0 aliphatic carbocycles. The van der Waals surface area contributed by atoms with Crippen molar-refractivity contribution in [2.75, 3.05) is 11.9 Å². The van der Waals surface area contributed by atoms with Crippen LogP contribution in [0.5, 0.6) is 0 Å². The number of hydrogen-bond donors (Lipinski definition) is 2. The predicted octanol–water partition coefficient (Wildman–Crippen LogP) is 5.22. The van der Waals surface area contributed by atoms with Crippen molar-refractivity contribution in [1.82, 2.24) is 34.8 Å².